The SMILES string of the molecule is COCCN(c1ccc(F)cc1CO)C(C)C1CC1. The van der Waals surface area contributed by atoms with Crippen LogP contribution in [-0.2, 0) is 11.3 Å². The average molecular weight is 267 g/mol. The molecule has 106 valence electrons. The molecule has 1 unspecified atom stereocenters. The van der Waals surface area contributed by atoms with E-state index in [1.165, 1.54) is 25.0 Å². The largest absolute Gasteiger partial charge is 0.392 e. The van der Waals surface area contributed by atoms with Crippen molar-refractivity contribution in [2.75, 3.05) is 25.2 Å². The molecule has 2 rings (SSSR count). The summed E-state index contributed by atoms with van der Waals surface area (Å²) in [7, 11) is 1.68. The van der Waals surface area contributed by atoms with Crippen molar-refractivity contribution in [2.24, 2.45) is 5.92 Å². The molecule has 1 aliphatic rings. The molecule has 4 heteroatoms. The molecule has 3 nitrogen and oxygen atoms in total. The lowest BCUT2D eigenvalue weighted by Crippen LogP contribution is -2.38. The molecule has 1 aromatic rings. The first kappa shape index (κ1) is 14.3. The molecule has 1 N–H and O–H groups in total. The number of hydrogen-bond donors (Lipinski definition) is 1. The summed E-state index contributed by atoms with van der Waals surface area (Å²) in [6.07, 6.45) is 2.50. The highest BCUT2D eigenvalue weighted by Gasteiger charge is 2.32. The van der Waals surface area contributed by atoms with Gasteiger partial charge in [0.1, 0.15) is 5.82 Å². The molecule has 1 aromatic carbocycles. The normalized spacial score (nSPS) is 16.4. The Bertz CT molecular complexity index is 421. The highest BCUT2D eigenvalue weighted by Crippen LogP contribution is 2.37. The maximum atomic E-state index is 13.3. The van der Waals surface area contributed by atoms with Gasteiger partial charge < -0.3 is 14.7 Å². The van der Waals surface area contributed by atoms with Crippen molar-refractivity contribution in [3.05, 3.63) is 29.6 Å². The minimum Gasteiger partial charge on any atom is -0.392 e. The van der Waals surface area contributed by atoms with E-state index in [0.717, 1.165) is 12.2 Å². The second-order valence-electron chi connectivity index (χ2n) is 5.20. The zero-order valence-electron chi connectivity index (χ0n) is 11.6. The highest BCUT2D eigenvalue weighted by molar-refractivity contribution is 5.54. The van der Waals surface area contributed by atoms with Gasteiger partial charge in [-0.1, -0.05) is 0 Å². The number of rotatable bonds is 7. The van der Waals surface area contributed by atoms with Crippen LogP contribution in [0, 0.1) is 11.7 Å². The third-order valence-corrected chi connectivity index (χ3v) is 3.85. The summed E-state index contributed by atoms with van der Waals surface area (Å²) in [5.74, 6) is 0.395. The zero-order valence-corrected chi connectivity index (χ0v) is 11.6. The Hall–Kier alpha value is -1.13. The monoisotopic (exact) mass is 267 g/mol. The Morgan fingerprint density at radius 1 is 1.47 bits per heavy atom. The predicted octanol–water partition coefficient (Wildman–Crippen LogP) is 2.57. The van der Waals surface area contributed by atoms with Crippen LogP contribution in [-0.4, -0.2) is 31.4 Å². The molecule has 0 saturated heterocycles. The zero-order chi connectivity index (χ0) is 13.8. The Balaban J connectivity index is 2.25. The number of aliphatic hydroxyl groups excluding tert-OH is 1. The summed E-state index contributed by atoms with van der Waals surface area (Å²) in [4.78, 5) is 2.23. The summed E-state index contributed by atoms with van der Waals surface area (Å²) in [6.45, 7) is 3.43. The molecule has 0 aromatic heterocycles. The lowest BCUT2D eigenvalue weighted by Gasteiger charge is -2.33. The molecule has 0 heterocycles. The summed E-state index contributed by atoms with van der Waals surface area (Å²) in [5.41, 5.74) is 1.56. The smallest absolute Gasteiger partial charge is 0.123 e. The van der Waals surface area contributed by atoms with Crippen molar-refractivity contribution < 1.29 is 14.2 Å². The number of aliphatic hydroxyl groups is 1. The van der Waals surface area contributed by atoms with Gasteiger partial charge >= 0.3 is 0 Å². The predicted molar refractivity (Wildman–Crippen MR) is 73.7 cm³/mol. The van der Waals surface area contributed by atoms with Crippen molar-refractivity contribution in [2.45, 2.75) is 32.4 Å². The number of methoxy groups -OCH3 is 1. The number of hydrogen-bond acceptors (Lipinski definition) is 3. The first-order valence-corrected chi connectivity index (χ1v) is 6.82. The number of nitrogens with zero attached hydrogens (tertiary/aromatic N) is 1. The second-order valence-corrected chi connectivity index (χ2v) is 5.20. The Kier molecular flexibility index (Phi) is 4.77. The third-order valence-electron chi connectivity index (χ3n) is 3.85. The molecule has 0 amide bonds. The van der Waals surface area contributed by atoms with E-state index in [0.29, 0.717) is 24.1 Å². The van der Waals surface area contributed by atoms with Gasteiger partial charge in [0, 0.05) is 30.9 Å². The highest BCUT2D eigenvalue weighted by atomic mass is 19.1. The molecule has 0 spiro atoms. The van der Waals surface area contributed by atoms with Crippen LogP contribution in [0.2, 0.25) is 0 Å². The van der Waals surface area contributed by atoms with Crippen molar-refractivity contribution in [3.63, 3.8) is 0 Å². The molecule has 1 saturated carbocycles. The van der Waals surface area contributed by atoms with E-state index in [1.807, 2.05) is 0 Å². The van der Waals surface area contributed by atoms with Crippen LogP contribution < -0.4 is 4.90 Å². The van der Waals surface area contributed by atoms with Gasteiger partial charge in [0.05, 0.1) is 13.2 Å². The Labute approximate surface area is 114 Å². The average Bonchev–Trinajstić information content (AvgIpc) is 3.24. The fourth-order valence-corrected chi connectivity index (χ4v) is 2.53. The standard InChI is InChI=1S/C15H22FNO2/c1-11(12-3-4-12)17(7-8-19-2)15-6-5-14(16)9-13(15)10-18/h5-6,9,11-12,18H,3-4,7-8,10H2,1-2H3. The second kappa shape index (κ2) is 6.35. The van der Waals surface area contributed by atoms with E-state index in [1.54, 1.807) is 13.2 Å². The van der Waals surface area contributed by atoms with Crippen molar-refractivity contribution in [1.82, 2.24) is 0 Å². The molecule has 1 aliphatic carbocycles. The van der Waals surface area contributed by atoms with Gasteiger partial charge in [0.2, 0.25) is 0 Å². The van der Waals surface area contributed by atoms with Gasteiger partial charge in [0.15, 0.2) is 0 Å². The molecular weight excluding hydrogens is 245 g/mol. The number of anilines is 1. The van der Waals surface area contributed by atoms with Crippen LogP contribution >= 0.6 is 0 Å². The molecule has 1 atom stereocenters. The van der Waals surface area contributed by atoms with Crippen molar-refractivity contribution in [3.8, 4) is 0 Å². The van der Waals surface area contributed by atoms with Gasteiger partial charge in [-0.3, -0.25) is 0 Å². The molecule has 1 fully saturated rings. The summed E-state index contributed by atoms with van der Waals surface area (Å²) in [5, 5.41) is 9.43. The van der Waals surface area contributed by atoms with Crippen molar-refractivity contribution in [1.29, 1.82) is 0 Å². The van der Waals surface area contributed by atoms with Crippen LogP contribution in [0.5, 0.6) is 0 Å². The maximum absolute atomic E-state index is 13.3. The van der Waals surface area contributed by atoms with Crippen LogP contribution in [0.25, 0.3) is 0 Å². The maximum Gasteiger partial charge on any atom is 0.123 e. The van der Waals surface area contributed by atoms with Crippen LogP contribution in [0.4, 0.5) is 10.1 Å². The lowest BCUT2D eigenvalue weighted by atomic mass is 10.1. The fourth-order valence-electron chi connectivity index (χ4n) is 2.53. The van der Waals surface area contributed by atoms with Gasteiger partial charge in [-0.2, -0.15) is 0 Å². The Morgan fingerprint density at radius 2 is 2.21 bits per heavy atom. The van der Waals surface area contributed by atoms with E-state index in [4.69, 9.17) is 4.74 Å². The van der Waals surface area contributed by atoms with Gasteiger partial charge in [0.25, 0.3) is 0 Å². The van der Waals surface area contributed by atoms with E-state index in [9.17, 15) is 9.50 Å². The summed E-state index contributed by atoms with van der Waals surface area (Å²) >= 11 is 0. The molecule has 0 radical (unpaired) electrons. The molecule has 0 bridgehead atoms. The van der Waals surface area contributed by atoms with Crippen LogP contribution in [0.1, 0.15) is 25.3 Å². The number of benzene rings is 1. The minimum absolute atomic E-state index is 0.145. The van der Waals surface area contributed by atoms with Gasteiger partial charge in [-0.15, -0.1) is 0 Å². The minimum atomic E-state index is -0.307. The van der Waals surface area contributed by atoms with Crippen LogP contribution in [0.15, 0.2) is 18.2 Å². The quantitative estimate of drug-likeness (QED) is 0.824. The summed E-state index contributed by atoms with van der Waals surface area (Å²) < 4.78 is 18.4. The van der Waals surface area contributed by atoms with Gasteiger partial charge in [-0.05, 0) is 43.9 Å². The molecule has 0 aliphatic heterocycles. The first-order valence-electron chi connectivity index (χ1n) is 6.82. The lowest BCUT2D eigenvalue weighted by molar-refractivity contribution is 0.202. The molecular formula is C15H22FNO2. The topological polar surface area (TPSA) is 32.7 Å². The van der Waals surface area contributed by atoms with E-state index < -0.39 is 0 Å². The van der Waals surface area contributed by atoms with E-state index >= 15 is 0 Å². The summed E-state index contributed by atoms with van der Waals surface area (Å²) in [6, 6.07) is 5.02. The number of ether oxygens (including phenoxy) is 1. The Morgan fingerprint density at radius 3 is 2.79 bits per heavy atom. The third kappa shape index (κ3) is 3.45. The van der Waals surface area contributed by atoms with Crippen molar-refractivity contribution >= 4 is 5.69 Å². The fraction of sp³-hybridized carbons (Fsp3) is 0.600. The van der Waals surface area contributed by atoms with Crippen LogP contribution in [0.3, 0.4) is 0 Å². The van der Waals surface area contributed by atoms with Gasteiger partial charge in [-0.25, -0.2) is 4.39 Å². The first-order chi connectivity index (χ1) is 9.17. The van der Waals surface area contributed by atoms with E-state index in [-0.39, 0.29) is 12.4 Å². The molecule has 19 heavy (non-hydrogen) atoms. The number of halogens is 1. The van der Waals surface area contributed by atoms with E-state index in [2.05, 4.69) is 11.8 Å².